The molecular formula is C25H28N2O3. The fraction of sp³-hybridized carbons (Fsp3) is 0.280. The highest BCUT2D eigenvalue weighted by Crippen LogP contribution is 2.28. The summed E-state index contributed by atoms with van der Waals surface area (Å²) < 4.78 is 7.00. The second kappa shape index (κ2) is 9.92. The van der Waals surface area contributed by atoms with Crippen LogP contribution in [0.5, 0.6) is 0 Å². The van der Waals surface area contributed by atoms with Gasteiger partial charge in [0.05, 0.1) is 19.1 Å². The summed E-state index contributed by atoms with van der Waals surface area (Å²) in [6, 6.07) is 19.8. The minimum atomic E-state index is -0.378. The Morgan fingerprint density at radius 1 is 0.967 bits per heavy atom. The lowest BCUT2D eigenvalue weighted by Crippen LogP contribution is -2.26. The number of hydrogen-bond donors (Lipinski definition) is 1. The summed E-state index contributed by atoms with van der Waals surface area (Å²) in [5.74, 6) is -0.380. The molecule has 156 valence electrons. The average Bonchev–Trinajstić information content (AvgIpc) is 3.11. The van der Waals surface area contributed by atoms with Crippen molar-refractivity contribution in [2.45, 2.75) is 39.3 Å². The van der Waals surface area contributed by atoms with Crippen LogP contribution in [0, 0.1) is 0 Å². The lowest BCUT2D eigenvalue weighted by molar-refractivity contribution is -0.120. The van der Waals surface area contributed by atoms with Gasteiger partial charge in [-0.3, -0.25) is 4.79 Å². The molecule has 0 aliphatic heterocycles. The molecule has 0 saturated carbocycles. The van der Waals surface area contributed by atoms with Gasteiger partial charge in [0, 0.05) is 25.0 Å². The predicted octanol–water partition coefficient (Wildman–Crippen LogP) is 4.31. The Labute approximate surface area is 177 Å². The standard InChI is InChI=1S/C25H28N2O3/c1-18(2)24-21(25(29)30-3)17-27(16-20-12-8-5-9-13-20)22(24)14-23(28)26-15-19-10-6-4-7-11-19/h4-13,17-18H,14-16H2,1-3H3,(H,26,28). The van der Waals surface area contributed by atoms with E-state index in [4.69, 9.17) is 4.74 Å². The second-order valence-electron chi connectivity index (χ2n) is 7.60. The quantitative estimate of drug-likeness (QED) is 0.569. The smallest absolute Gasteiger partial charge is 0.339 e. The van der Waals surface area contributed by atoms with E-state index >= 15 is 0 Å². The molecule has 5 heteroatoms. The second-order valence-corrected chi connectivity index (χ2v) is 7.60. The number of benzene rings is 2. The third kappa shape index (κ3) is 5.17. The molecule has 3 aromatic rings. The fourth-order valence-corrected chi connectivity index (χ4v) is 3.66. The molecule has 2 aromatic carbocycles. The largest absolute Gasteiger partial charge is 0.465 e. The van der Waals surface area contributed by atoms with Gasteiger partial charge in [-0.1, -0.05) is 74.5 Å². The first-order valence-electron chi connectivity index (χ1n) is 10.1. The monoisotopic (exact) mass is 404 g/mol. The van der Waals surface area contributed by atoms with E-state index in [1.54, 1.807) is 0 Å². The number of ether oxygens (including phenoxy) is 1. The molecule has 0 aliphatic carbocycles. The molecule has 5 nitrogen and oxygen atoms in total. The van der Waals surface area contributed by atoms with Gasteiger partial charge in [-0.2, -0.15) is 0 Å². The van der Waals surface area contributed by atoms with Gasteiger partial charge >= 0.3 is 5.97 Å². The van der Waals surface area contributed by atoms with E-state index < -0.39 is 0 Å². The van der Waals surface area contributed by atoms with Gasteiger partial charge in [-0.15, -0.1) is 0 Å². The van der Waals surface area contributed by atoms with Crippen LogP contribution in [0.3, 0.4) is 0 Å². The van der Waals surface area contributed by atoms with Crippen LogP contribution < -0.4 is 5.32 Å². The van der Waals surface area contributed by atoms with Gasteiger partial charge in [0.15, 0.2) is 0 Å². The first kappa shape index (κ1) is 21.4. The van der Waals surface area contributed by atoms with Crippen LogP contribution in [-0.2, 0) is 29.0 Å². The highest BCUT2D eigenvalue weighted by atomic mass is 16.5. The van der Waals surface area contributed by atoms with E-state index in [-0.39, 0.29) is 24.2 Å². The first-order valence-corrected chi connectivity index (χ1v) is 10.1. The van der Waals surface area contributed by atoms with E-state index in [1.807, 2.05) is 85.3 Å². The van der Waals surface area contributed by atoms with Crippen LogP contribution in [-0.4, -0.2) is 23.6 Å². The number of esters is 1. The Balaban J connectivity index is 1.89. The molecule has 3 rings (SSSR count). The van der Waals surface area contributed by atoms with Crippen LogP contribution in [0.25, 0.3) is 0 Å². The number of amides is 1. The number of carbonyl (C=O) groups is 2. The van der Waals surface area contributed by atoms with Crippen LogP contribution >= 0.6 is 0 Å². The molecule has 0 atom stereocenters. The summed E-state index contributed by atoms with van der Waals surface area (Å²) in [7, 11) is 1.38. The Morgan fingerprint density at radius 3 is 2.13 bits per heavy atom. The number of carbonyl (C=O) groups excluding carboxylic acids is 2. The number of nitrogens with zero attached hydrogens (tertiary/aromatic N) is 1. The van der Waals surface area contributed by atoms with E-state index in [0.29, 0.717) is 18.7 Å². The molecule has 0 aliphatic rings. The molecule has 0 radical (unpaired) electrons. The van der Waals surface area contributed by atoms with Crippen molar-refractivity contribution in [3.8, 4) is 0 Å². The third-order valence-electron chi connectivity index (χ3n) is 5.07. The van der Waals surface area contributed by atoms with E-state index in [2.05, 4.69) is 5.32 Å². The molecule has 1 heterocycles. The van der Waals surface area contributed by atoms with Crippen molar-refractivity contribution in [1.82, 2.24) is 9.88 Å². The maximum atomic E-state index is 12.8. The average molecular weight is 405 g/mol. The SMILES string of the molecule is COC(=O)c1cn(Cc2ccccc2)c(CC(=O)NCc2ccccc2)c1C(C)C. The lowest BCUT2D eigenvalue weighted by Gasteiger charge is -2.14. The van der Waals surface area contributed by atoms with Crippen molar-refractivity contribution in [2.75, 3.05) is 7.11 Å². The minimum absolute atomic E-state index is 0.0769. The molecular weight excluding hydrogens is 376 g/mol. The number of nitrogens with one attached hydrogen (secondary N) is 1. The maximum Gasteiger partial charge on any atom is 0.339 e. The number of aromatic nitrogens is 1. The molecule has 1 amide bonds. The highest BCUT2D eigenvalue weighted by Gasteiger charge is 2.25. The van der Waals surface area contributed by atoms with E-state index in [1.165, 1.54) is 7.11 Å². The molecule has 0 bridgehead atoms. The van der Waals surface area contributed by atoms with Crippen molar-refractivity contribution in [3.05, 3.63) is 94.8 Å². The van der Waals surface area contributed by atoms with Gasteiger partial charge < -0.3 is 14.6 Å². The Hall–Kier alpha value is -3.34. The summed E-state index contributed by atoms with van der Waals surface area (Å²) in [5.41, 5.74) is 4.39. The van der Waals surface area contributed by atoms with Crippen molar-refractivity contribution in [3.63, 3.8) is 0 Å². The highest BCUT2D eigenvalue weighted by molar-refractivity contribution is 5.92. The van der Waals surface area contributed by atoms with Crippen molar-refractivity contribution in [2.24, 2.45) is 0 Å². The minimum Gasteiger partial charge on any atom is -0.465 e. The number of methoxy groups -OCH3 is 1. The van der Waals surface area contributed by atoms with Crippen LogP contribution in [0.1, 0.15) is 52.5 Å². The zero-order valence-electron chi connectivity index (χ0n) is 17.7. The van der Waals surface area contributed by atoms with Gasteiger partial charge in [-0.25, -0.2) is 4.79 Å². The first-order chi connectivity index (χ1) is 14.5. The van der Waals surface area contributed by atoms with Crippen LogP contribution in [0.15, 0.2) is 66.9 Å². The Morgan fingerprint density at radius 2 is 1.57 bits per heavy atom. The van der Waals surface area contributed by atoms with Crippen molar-refractivity contribution >= 4 is 11.9 Å². The van der Waals surface area contributed by atoms with Crippen LogP contribution in [0.4, 0.5) is 0 Å². The zero-order valence-corrected chi connectivity index (χ0v) is 17.7. The molecule has 1 N–H and O–H groups in total. The topological polar surface area (TPSA) is 60.3 Å². The van der Waals surface area contributed by atoms with Gasteiger partial charge in [0.2, 0.25) is 5.91 Å². The Bertz CT molecular complexity index is 992. The number of hydrogen-bond acceptors (Lipinski definition) is 3. The molecule has 0 saturated heterocycles. The molecule has 0 fully saturated rings. The fourth-order valence-electron chi connectivity index (χ4n) is 3.66. The molecule has 0 spiro atoms. The van der Waals surface area contributed by atoms with Gasteiger partial charge in [0.25, 0.3) is 0 Å². The van der Waals surface area contributed by atoms with Gasteiger partial charge in [0.1, 0.15) is 0 Å². The summed E-state index contributed by atoms with van der Waals surface area (Å²) in [5, 5.41) is 2.99. The number of rotatable bonds is 8. The normalized spacial score (nSPS) is 10.8. The Kier molecular flexibility index (Phi) is 7.07. The lowest BCUT2D eigenvalue weighted by atomic mass is 9.97. The van der Waals surface area contributed by atoms with Crippen molar-refractivity contribution in [1.29, 1.82) is 0 Å². The summed E-state index contributed by atoms with van der Waals surface area (Å²) >= 11 is 0. The summed E-state index contributed by atoms with van der Waals surface area (Å²) in [4.78, 5) is 25.2. The van der Waals surface area contributed by atoms with Crippen LogP contribution in [0.2, 0.25) is 0 Å². The maximum absolute atomic E-state index is 12.8. The zero-order chi connectivity index (χ0) is 21.5. The summed E-state index contributed by atoms with van der Waals surface area (Å²) in [6.07, 6.45) is 2.01. The molecule has 30 heavy (non-hydrogen) atoms. The van der Waals surface area contributed by atoms with E-state index in [9.17, 15) is 9.59 Å². The van der Waals surface area contributed by atoms with Crippen molar-refractivity contribution < 1.29 is 14.3 Å². The predicted molar refractivity (Wildman–Crippen MR) is 117 cm³/mol. The third-order valence-corrected chi connectivity index (χ3v) is 5.07. The molecule has 0 unspecified atom stereocenters. The van der Waals surface area contributed by atoms with Gasteiger partial charge in [-0.05, 0) is 22.6 Å². The van der Waals surface area contributed by atoms with E-state index in [0.717, 1.165) is 22.4 Å². The molecule has 1 aromatic heterocycles. The summed E-state index contributed by atoms with van der Waals surface area (Å²) in [6.45, 7) is 5.11.